The summed E-state index contributed by atoms with van der Waals surface area (Å²) in [5.41, 5.74) is 4.24. The van der Waals surface area contributed by atoms with Crippen LogP contribution in [0.2, 0.25) is 0 Å². The molecule has 0 heterocycles. The van der Waals surface area contributed by atoms with Crippen molar-refractivity contribution in [3.05, 3.63) is 77.9 Å². The zero-order valence-electron chi connectivity index (χ0n) is 22.9. The molecule has 0 spiro atoms. The quantitative estimate of drug-likeness (QED) is 0.302. The Morgan fingerprint density at radius 2 is 1.32 bits per heavy atom. The lowest BCUT2D eigenvalue weighted by Gasteiger charge is -2.40. The van der Waals surface area contributed by atoms with Crippen LogP contribution in [0.4, 0.5) is 0 Å². The van der Waals surface area contributed by atoms with Gasteiger partial charge in [-0.25, -0.2) is 8.93 Å². The zero-order chi connectivity index (χ0) is 25.8. The monoisotopic (exact) mass is 533 g/mol. The molecule has 0 aromatic heterocycles. The van der Waals surface area contributed by atoms with E-state index in [9.17, 15) is 4.21 Å². The lowest BCUT2D eigenvalue weighted by atomic mass is 9.97. The van der Waals surface area contributed by atoms with Crippen LogP contribution in [0, 0.1) is 0 Å². The molecule has 0 aliphatic heterocycles. The van der Waals surface area contributed by atoms with E-state index in [2.05, 4.69) is 92.2 Å². The van der Waals surface area contributed by atoms with Crippen LogP contribution in [0.25, 0.3) is 10.8 Å². The van der Waals surface area contributed by atoms with Gasteiger partial charge in [-0.2, -0.15) is 0 Å². The molecule has 1 N–H and O–H groups in total. The van der Waals surface area contributed by atoms with Gasteiger partial charge < -0.3 is 0 Å². The summed E-state index contributed by atoms with van der Waals surface area (Å²) in [6.45, 7) is 6.20. The van der Waals surface area contributed by atoms with Gasteiger partial charge in [0.2, 0.25) is 0 Å². The van der Waals surface area contributed by atoms with Crippen LogP contribution in [-0.2, 0) is 11.0 Å². The number of hydrogen-bond donors (Lipinski definition) is 1. The molecule has 0 saturated heterocycles. The predicted octanol–water partition coefficient (Wildman–Crippen LogP) is 8.75. The van der Waals surface area contributed by atoms with E-state index >= 15 is 0 Å². The summed E-state index contributed by atoms with van der Waals surface area (Å²) in [5.74, 6) is 0. The Balaban J connectivity index is 1.62. The van der Waals surface area contributed by atoms with Gasteiger partial charge in [0.25, 0.3) is 0 Å². The van der Waals surface area contributed by atoms with Crippen molar-refractivity contribution in [1.82, 2.24) is 4.72 Å². The van der Waals surface area contributed by atoms with Gasteiger partial charge in [0, 0.05) is 0 Å². The van der Waals surface area contributed by atoms with Gasteiger partial charge in [0.05, 0.1) is 21.8 Å². The van der Waals surface area contributed by atoms with Crippen molar-refractivity contribution in [2.75, 3.05) is 0 Å². The predicted molar refractivity (Wildman–Crippen MR) is 164 cm³/mol. The van der Waals surface area contributed by atoms with Crippen LogP contribution in [-0.4, -0.2) is 20.3 Å². The number of benzene rings is 3. The maximum absolute atomic E-state index is 13.6. The minimum Gasteiger partial charge on any atom is -0.242 e. The van der Waals surface area contributed by atoms with E-state index in [1.54, 1.807) is 5.30 Å². The summed E-state index contributed by atoms with van der Waals surface area (Å²) in [6.07, 6.45) is 13.9. The molecule has 37 heavy (non-hydrogen) atoms. The van der Waals surface area contributed by atoms with Gasteiger partial charge in [-0.3, -0.25) is 0 Å². The highest BCUT2D eigenvalue weighted by Crippen LogP contribution is 2.56. The van der Waals surface area contributed by atoms with E-state index in [1.807, 2.05) is 0 Å². The molecular formula is C33H44NOPS. The van der Waals surface area contributed by atoms with Crippen molar-refractivity contribution in [2.45, 2.75) is 107 Å². The fraction of sp³-hybridized carbons (Fsp3) is 0.515. The third-order valence-corrected chi connectivity index (χ3v) is 13.5. The van der Waals surface area contributed by atoms with Crippen molar-refractivity contribution in [3.63, 3.8) is 0 Å². The maximum atomic E-state index is 13.6. The maximum Gasteiger partial charge on any atom is 0.0979 e. The average Bonchev–Trinajstić information content (AvgIpc) is 2.92. The molecule has 3 aromatic rings. The van der Waals surface area contributed by atoms with Crippen LogP contribution >= 0.6 is 7.92 Å². The van der Waals surface area contributed by atoms with Gasteiger partial charge in [-0.1, -0.05) is 107 Å². The third kappa shape index (κ3) is 6.38. The molecule has 5 rings (SSSR count). The topological polar surface area (TPSA) is 29.1 Å². The van der Waals surface area contributed by atoms with Crippen molar-refractivity contribution >= 4 is 35.0 Å². The molecule has 2 saturated carbocycles. The summed E-state index contributed by atoms with van der Waals surface area (Å²) in [4.78, 5) is 0. The van der Waals surface area contributed by atoms with Gasteiger partial charge in [-0.15, -0.1) is 0 Å². The fourth-order valence-corrected chi connectivity index (χ4v) is 11.2. The Bertz CT molecular complexity index is 1190. The van der Waals surface area contributed by atoms with Crippen molar-refractivity contribution in [1.29, 1.82) is 0 Å². The summed E-state index contributed by atoms with van der Waals surface area (Å²) in [7, 11) is -1.44. The lowest BCUT2D eigenvalue weighted by Crippen LogP contribution is -2.38. The Labute approximate surface area is 228 Å². The number of nitrogens with one attached hydrogen (secondary N) is 1. The van der Waals surface area contributed by atoms with E-state index in [0.29, 0.717) is 0 Å². The first-order chi connectivity index (χ1) is 17.9. The SMILES string of the molecule is CC(C)(C)[S@](=O)N[C@@H](c1ccc2ccccc2c1)c1ccccc1P(C1CCCCC1)C1CCCCC1. The zero-order valence-corrected chi connectivity index (χ0v) is 24.6. The molecule has 0 radical (unpaired) electrons. The molecule has 2 atom stereocenters. The summed E-state index contributed by atoms with van der Waals surface area (Å²) in [5, 5.41) is 4.07. The molecular weight excluding hydrogens is 489 g/mol. The standard InChI is InChI=1S/C33H44NOPS/c1-33(2,3)37(35)34-32(27-23-22-25-14-10-11-15-26(25)24-27)30-20-12-13-21-31(30)36(28-16-6-4-7-17-28)29-18-8-5-9-19-29/h10-15,20-24,28-29,32,34H,4-9,16-19H2,1-3H3/t32-,37-/m0/s1. The Morgan fingerprint density at radius 3 is 1.95 bits per heavy atom. The first-order valence-corrected chi connectivity index (χ1v) is 17.1. The second-order valence-electron chi connectivity index (χ2n) is 12.1. The van der Waals surface area contributed by atoms with Crippen LogP contribution in [0.15, 0.2) is 66.7 Å². The lowest BCUT2D eigenvalue weighted by molar-refractivity contribution is 0.487. The summed E-state index contributed by atoms with van der Waals surface area (Å²) < 4.78 is 16.9. The normalized spacial score (nSPS) is 19.8. The van der Waals surface area contributed by atoms with Crippen molar-refractivity contribution < 1.29 is 4.21 Å². The van der Waals surface area contributed by atoms with E-state index in [-0.39, 0.29) is 18.7 Å². The molecule has 2 aliphatic carbocycles. The summed E-state index contributed by atoms with van der Waals surface area (Å²) in [6, 6.07) is 24.5. The van der Waals surface area contributed by atoms with Crippen LogP contribution in [0.1, 0.15) is 102 Å². The summed E-state index contributed by atoms with van der Waals surface area (Å²) >= 11 is 0. The van der Waals surface area contributed by atoms with E-state index in [1.165, 1.54) is 86.1 Å². The molecule has 0 amide bonds. The molecule has 198 valence electrons. The molecule has 2 aliphatic rings. The molecule has 3 aromatic carbocycles. The Kier molecular flexibility index (Phi) is 8.85. The highest BCUT2D eigenvalue weighted by molar-refractivity contribution is 7.84. The van der Waals surface area contributed by atoms with E-state index < -0.39 is 11.0 Å². The number of rotatable bonds is 7. The van der Waals surface area contributed by atoms with Gasteiger partial charge in [0.1, 0.15) is 0 Å². The molecule has 2 fully saturated rings. The largest absolute Gasteiger partial charge is 0.242 e. The van der Waals surface area contributed by atoms with Gasteiger partial charge in [-0.05, 0) is 91.0 Å². The van der Waals surface area contributed by atoms with Crippen LogP contribution in [0.5, 0.6) is 0 Å². The Hall–Kier alpha value is -1.54. The second-order valence-corrected chi connectivity index (χ2v) is 16.8. The minimum absolute atomic E-state index is 0.0851. The van der Waals surface area contributed by atoms with Gasteiger partial charge >= 0.3 is 0 Å². The number of fused-ring (bicyclic) bond motifs is 1. The molecule has 0 unspecified atom stereocenters. The third-order valence-electron chi connectivity index (χ3n) is 8.35. The first-order valence-electron chi connectivity index (χ1n) is 14.5. The first kappa shape index (κ1) is 27.0. The molecule has 2 nitrogen and oxygen atoms in total. The highest BCUT2D eigenvalue weighted by atomic mass is 32.2. The van der Waals surface area contributed by atoms with E-state index in [4.69, 9.17) is 0 Å². The smallest absolute Gasteiger partial charge is 0.0979 e. The molecule has 4 heteroatoms. The van der Waals surface area contributed by atoms with Gasteiger partial charge in [0.15, 0.2) is 0 Å². The highest BCUT2D eigenvalue weighted by Gasteiger charge is 2.35. The minimum atomic E-state index is -1.18. The van der Waals surface area contributed by atoms with Crippen molar-refractivity contribution in [2.24, 2.45) is 0 Å². The fourth-order valence-electron chi connectivity index (χ4n) is 6.36. The van der Waals surface area contributed by atoms with E-state index in [0.717, 1.165) is 11.3 Å². The van der Waals surface area contributed by atoms with Crippen LogP contribution < -0.4 is 10.0 Å². The Morgan fingerprint density at radius 1 is 0.757 bits per heavy atom. The van der Waals surface area contributed by atoms with Crippen LogP contribution in [0.3, 0.4) is 0 Å². The second kappa shape index (κ2) is 12.1. The average molecular weight is 534 g/mol. The molecule has 0 bridgehead atoms. The van der Waals surface area contributed by atoms with Crippen molar-refractivity contribution in [3.8, 4) is 0 Å². The number of hydrogen-bond acceptors (Lipinski definition) is 1.